The maximum atomic E-state index is 12.8. The van der Waals surface area contributed by atoms with Gasteiger partial charge in [0.15, 0.2) is 0 Å². The molecule has 0 aliphatic heterocycles. The molecule has 2 aromatic rings. The van der Waals surface area contributed by atoms with E-state index < -0.39 is 23.7 Å². The molecule has 1 heterocycles. The van der Waals surface area contributed by atoms with E-state index in [2.05, 4.69) is 17.6 Å². The fourth-order valence-electron chi connectivity index (χ4n) is 6.56. The lowest BCUT2D eigenvalue weighted by Crippen LogP contribution is -2.61. The number of fused-ring (bicyclic) bond motifs is 1. The van der Waals surface area contributed by atoms with Crippen molar-refractivity contribution in [3.63, 3.8) is 0 Å². The number of benzene rings is 1. The molecular weight excluding hydrogens is 460 g/mol. The molecule has 0 unspecified atom stereocenters. The van der Waals surface area contributed by atoms with Gasteiger partial charge in [0.05, 0.1) is 25.5 Å². The van der Waals surface area contributed by atoms with Crippen molar-refractivity contribution in [2.45, 2.75) is 71.6 Å². The van der Waals surface area contributed by atoms with Crippen LogP contribution in [0.15, 0.2) is 47.1 Å². The number of aliphatic hydroxyl groups excluding tert-OH is 2. The summed E-state index contributed by atoms with van der Waals surface area (Å²) in [7, 11) is 0. The fourth-order valence-corrected chi connectivity index (χ4v) is 6.56. The smallest absolute Gasteiger partial charge is 0.411 e. The Morgan fingerprint density at radius 2 is 1.89 bits per heavy atom. The van der Waals surface area contributed by atoms with Crippen molar-refractivity contribution in [2.75, 3.05) is 11.9 Å². The number of aliphatic hydroxyl groups is 2. The third kappa shape index (κ3) is 5.30. The number of hydrogen-bond acceptors (Lipinski definition) is 6. The number of carbonyl (C=O) groups excluding carboxylic acids is 2. The van der Waals surface area contributed by atoms with Crippen molar-refractivity contribution in [2.24, 2.45) is 22.7 Å². The van der Waals surface area contributed by atoms with Crippen molar-refractivity contribution < 1.29 is 29.0 Å². The topological polar surface area (TPSA) is 121 Å². The first-order valence-electron chi connectivity index (χ1n) is 12.8. The van der Waals surface area contributed by atoms with Crippen molar-refractivity contribution in [3.05, 3.63) is 54.0 Å². The highest BCUT2D eigenvalue weighted by molar-refractivity contribution is 5.84. The Kier molecular flexibility index (Phi) is 7.76. The van der Waals surface area contributed by atoms with Gasteiger partial charge in [0.25, 0.3) is 0 Å². The number of carbonyl (C=O) groups is 2. The van der Waals surface area contributed by atoms with Crippen LogP contribution in [0.2, 0.25) is 0 Å². The van der Waals surface area contributed by atoms with E-state index in [-0.39, 0.29) is 36.2 Å². The van der Waals surface area contributed by atoms with Gasteiger partial charge >= 0.3 is 6.09 Å². The van der Waals surface area contributed by atoms with Gasteiger partial charge in [-0.2, -0.15) is 0 Å². The first-order valence-corrected chi connectivity index (χ1v) is 12.8. The minimum atomic E-state index is -0.694. The third-order valence-electron chi connectivity index (χ3n) is 8.67. The van der Waals surface area contributed by atoms with E-state index in [0.717, 1.165) is 5.56 Å². The van der Waals surface area contributed by atoms with E-state index in [1.807, 2.05) is 38.1 Å². The summed E-state index contributed by atoms with van der Waals surface area (Å²) in [6, 6.07) is 11.1. The van der Waals surface area contributed by atoms with Gasteiger partial charge in [-0.3, -0.25) is 10.1 Å². The van der Waals surface area contributed by atoms with Crippen LogP contribution < -0.4 is 10.6 Å². The molecule has 2 aliphatic rings. The summed E-state index contributed by atoms with van der Waals surface area (Å²) >= 11 is 0. The number of furan rings is 1. The molecule has 2 saturated carbocycles. The Morgan fingerprint density at radius 1 is 1.14 bits per heavy atom. The average molecular weight is 499 g/mol. The lowest BCUT2D eigenvalue weighted by Gasteiger charge is -2.60. The molecule has 4 rings (SSSR count). The number of nitrogens with one attached hydrogen (secondary N) is 2. The van der Waals surface area contributed by atoms with Gasteiger partial charge in [-0.25, -0.2) is 4.79 Å². The van der Waals surface area contributed by atoms with Crippen molar-refractivity contribution in [1.82, 2.24) is 5.32 Å². The van der Waals surface area contributed by atoms with E-state index in [4.69, 9.17) is 9.15 Å². The third-order valence-corrected chi connectivity index (χ3v) is 8.67. The summed E-state index contributed by atoms with van der Waals surface area (Å²) in [4.78, 5) is 25.5. The molecule has 0 radical (unpaired) electrons. The van der Waals surface area contributed by atoms with Crippen LogP contribution in [0.25, 0.3) is 0 Å². The van der Waals surface area contributed by atoms with Gasteiger partial charge in [-0.15, -0.1) is 0 Å². The maximum absolute atomic E-state index is 12.8. The molecule has 1 aromatic carbocycles. The Hall–Kier alpha value is -2.84. The van der Waals surface area contributed by atoms with Crippen LogP contribution in [0.3, 0.4) is 0 Å². The van der Waals surface area contributed by atoms with Crippen LogP contribution >= 0.6 is 0 Å². The zero-order chi connectivity index (χ0) is 25.9. The van der Waals surface area contributed by atoms with Crippen LogP contribution in [-0.2, 0) is 16.1 Å². The standard InChI is InChI=1S/C28H38N2O6/c1-18-6-8-19(9-7-18)30-26(34)36-24-12-13-27(2)21(15-25(33)29-16-20-5-4-14-35-20)22(32)10-11-23(27)28(24,3)17-31/h4-9,14,21-24,31-32H,10-13,15-17H2,1-3H3,(H,29,33)(H,30,34)/t21-,22-,23+,24+,27-,28+/m1/s1. The van der Waals surface area contributed by atoms with E-state index in [9.17, 15) is 19.8 Å². The van der Waals surface area contributed by atoms with E-state index in [1.165, 1.54) is 0 Å². The summed E-state index contributed by atoms with van der Waals surface area (Å²) in [5, 5.41) is 27.2. The summed E-state index contributed by atoms with van der Waals surface area (Å²) in [5.41, 5.74) is 0.667. The number of ether oxygens (including phenoxy) is 1. The van der Waals surface area contributed by atoms with Crippen LogP contribution in [-0.4, -0.2) is 41.0 Å². The Balaban J connectivity index is 1.45. The summed E-state index contributed by atoms with van der Waals surface area (Å²) < 4.78 is 11.2. The van der Waals surface area contributed by atoms with Crippen LogP contribution in [0, 0.1) is 29.6 Å². The normalized spacial score (nSPS) is 31.8. The molecular formula is C28H38N2O6. The first-order chi connectivity index (χ1) is 17.2. The van der Waals surface area contributed by atoms with Crippen molar-refractivity contribution >= 4 is 17.7 Å². The van der Waals surface area contributed by atoms with E-state index in [0.29, 0.717) is 43.7 Å². The average Bonchev–Trinajstić information content (AvgIpc) is 3.37. The van der Waals surface area contributed by atoms with Crippen LogP contribution in [0.1, 0.15) is 57.3 Å². The molecule has 0 bridgehead atoms. The first kappa shape index (κ1) is 26.2. The van der Waals surface area contributed by atoms with Gasteiger partial charge in [-0.1, -0.05) is 31.5 Å². The van der Waals surface area contributed by atoms with Crippen molar-refractivity contribution in [3.8, 4) is 0 Å². The van der Waals surface area contributed by atoms with Gasteiger partial charge in [0.1, 0.15) is 11.9 Å². The van der Waals surface area contributed by atoms with Gasteiger partial charge < -0.3 is 24.7 Å². The lowest BCUT2D eigenvalue weighted by atomic mass is 9.46. The predicted octanol–water partition coefficient (Wildman–Crippen LogP) is 4.40. The van der Waals surface area contributed by atoms with Crippen molar-refractivity contribution in [1.29, 1.82) is 0 Å². The minimum Gasteiger partial charge on any atom is -0.467 e. The van der Waals surface area contributed by atoms with Gasteiger partial charge in [-0.05, 0) is 74.1 Å². The number of rotatable bonds is 7. The largest absolute Gasteiger partial charge is 0.467 e. The summed E-state index contributed by atoms with van der Waals surface area (Å²) in [6.07, 6.45) is 2.58. The molecule has 2 aliphatic carbocycles. The Bertz CT molecular complexity index is 1040. The number of hydrogen-bond donors (Lipinski definition) is 4. The molecule has 8 heteroatoms. The number of aryl methyl sites for hydroxylation is 1. The highest BCUT2D eigenvalue weighted by Gasteiger charge is 2.60. The highest BCUT2D eigenvalue weighted by atomic mass is 16.6. The van der Waals surface area contributed by atoms with E-state index in [1.54, 1.807) is 18.4 Å². The molecule has 36 heavy (non-hydrogen) atoms. The molecule has 2 amide bonds. The fraction of sp³-hybridized carbons (Fsp3) is 0.571. The second-order valence-corrected chi connectivity index (χ2v) is 11.0. The molecule has 0 saturated heterocycles. The zero-order valence-corrected chi connectivity index (χ0v) is 21.3. The molecule has 2 fully saturated rings. The second-order valence-electron chi connectivity index (χ2n) is 11.0. The molecule has 0 spiro atoms. The number of anilines is 1. The molecule has 8 nitrogen and oxygen atoms in total. The Morgan fingerprint density at radius 3 is 2.56 bits per heavy atom. The maximum Gasteiger partial charge on any atom is 0.411 e. The minimum absolute atomic E-state index is 0.0211. The second kappa shape index (κ2) is 10.6. The molecule has 1 aromatic heterocycles. The highest BCUT2D eigenvalue weighted by Crippen LogP contribution is 2.61. The SMILES string of the molecule is Cc1ccc(NC(=O)O[C@H]2CC[C@@]3(C)[C@H](CC[C@@H](O)[C@H]3CC(=O)NCc3ccco3)[C@]2(C)CO)cc1. The zero-order valence-electron chi connectivity index (χ0n) is 21.3. The summed E-state index contributed by atoms with van der Waals surface area (Å²) in [6.45, 7) is 6.20. The lowest BCUT2D eigenvalue weighted by molar-refractivity contribution is -0.185. The molecule has 4 N–H and O–H groups in total. The summed E-state index contributed by atoms with van der Waals surface area (Å²) in [5.74, 6) is 0.248. The van der Waals surface area contributed by atoms with Gasteiger partial charge in [0.2, 0.25) is 5.91 Å². The van der Waals surface area contributed by atoms with Crippen LogP contribution in [0.5, 0.6) is 0 Å². The Labute approximate surface area is 212 Å². The number of amides is 2. The van der Waals surface area contributed by atoms with E-state index >= 15 is 0 Å². The molecule has 196 valence electrons. The van der Waals surface area contributed by atoms with Crippen LogP contribution in [0.4, 0.5) is 10.5 Å². The quantitative estimate of drug-likeness (QED) is 0.449. The van der Waals surface area contributed by atoms with Gasteiger partial charge in [0, 0.05) is 17.5 Å². The molecule has 6 atom stereocenters. The monoisotopic (exact) mass is 498 g/mol. The predicted molar refractivity (Wildman–Crippen MR) is 135 cm³/mol.